The summed E-state index contributed by atoms with van der Waals surface area (Å²) in [5, 5.41) is 9.27. The Bertz CT molecular complexity index is 317. The largest absolute Gasteiger partial charge is 0.481 e. The number of aliphatic carboxylic acids is 1. The molecule has 110 valence electrons. The Morgan fingerprint density at radius 3 is 2.26 bits per heavy atom. The first-order valence-electron chi connectivity index (χ1n) is 7.52. The molecule has 1 aliphatic rings. The molecule has 0 aromatic rings. The fraction of sp³-hybridized carbons (Fsp3) is 0.867. The summed E-state index contributed by atoms with van der Waals surface area (Å²) in [6.45, 7) is 7.63. The maximum atomic E-state index is 12.6. The highest BCUT2D eigenvalue weighted by atomic mass is 16.4. The summed E-state index contributed by atoms with van der Waals surface area (Å²) >= 11 is 0. The van der Waals surface area contributed by atoms with Gasteiger partial charge in [0.2, 0.25) is 5.91 Å². The zero-order chi connectivity index (χ0) is 14.4. The molecule has 19 heavy (non-hydrogen) atoms. The number of hydrogen-bond acceptors (Lipinski definition) is 2. The molecule has 1 amide bonds. The molecule has 0 saturated heterocycles. The van der Waals surface area contributed by atoms with Crippen molar-refractivity contribution in [2.75, 3.05) is 13.1 Å². The predicted octanol–water partition coefficient (Wildman–Crippen LogP) is 2.77. The molecule has 0 heterocycles. The van der Waals surface area contributed by atoms with Gasteiger partial charge in [-0.2, -0.15) is 0 Å². The molecule has 3 unspecified atom stereocenters. The van der Waals surface area contributed by atoms with E-state index >= 15 is 0 Å². The van der Waals surface area contributed by atoms with Gasteiger partial charge in [0, 0.05) is 13.1 Å². The molecule has 0 aromatic carbocycles. The lowest BCUT2D eigenvalue weighted by atomic mass is 9.78. The van der Waals surface area contributed by atoms with E-state index in [9.17, 15) is 14.7 Å². The van der Waals surface area contributed by atoms with Gasteiger partial charge in [0.25, 0.3) is 0 Å². The van der Waals surface area contributed by atoms with Gasteiger partial charge in [-0.15, -0.1) is 0 Å². The fourth-order valence-electron chi connectivity index (χ4n) is 2.84. The lowest BCUT2D eigenvalue weighted by Crippen LogP contribution is -2.44. The van der Waals surface area contributed by atoms with E-state index in [-0.39, 0.29) is 11.8 Å². The summed E-state index contributed by atoms with van der Waals surface area (Å²) in [6, 6.07) is 0. The molecule has 1 rings (SSSR count). The number of amides is 1. The molecule has 0 aliphatic heterocycles. The fourth-order valence-corrected chi connectivity index (χ4v) is 2.84. The maximum Gasteiger partial charge on any atom is 0.307 e. The Hall–Kier alpha value is -1.06. The molecule has 4 heteroatoms. The number of hydrogen-bond donors (Lipinski definition) is 1. The number of carboxylic acid groups (broad SMARTS) is 1. The van der Waals surface area contributed by atoms with Crippen molar-refractivity contribution in [2.24, 2.45) is 17.8 Å². The van der Waals surface area contributed by atoms with Gasteiger partial charge in [-0.3, -0.25) is 9.59 Å². The van der Waals surface area contributed by atoms with E-state index in [0.717, 1.165) is 32.2 Å². The van der Waals surface area contributed by atoms with Crippen LogP contribution < -0.4 is 0 Å². The lowest BCUT2D eigenvalue weighted by molar-refractivity contribution is -0.152. The minimum absolute atomic E-state index is 0.0508. The van der Waals surface area contributed by atoms with Crippen LogP contribution in [0.5, 0.6) is 0 Å². The van der Waals surface area contributed by atoms with E-state index in [2.05, 4.69) is 13.8 Å². The van der Waals surface area contributed by atoms with Crippen molar-refractivity contribution < 1.29 is 14.7 Å². The Morgan fingerprint density at radius 1 is 1.21 bits per heavy atom. The first kappa shape index (κ1) is 16.0. The molecular formula is C15H27NO3. The number of rotatable bonds is 6. The molecule has 1 N–H and O–H groups in total. The minimum Gasteiger partial charge on any atom is -0.481 e. The highest BCUT2D eigenvalue weighted by Crippen LogP contribution is 2.32. The summed E-state index contributed by atoms with van der Waals surface area (Å²) in [5.41, 5.74) is 0. The van der Waals surface area contributed by atoms with Crippen LogP contribution in [0.1, 0.15) is 52.9 Å². The molecular weight excluding hydrogens is 242 g/mol. The highest BCUT2D eigenvalue weighted by Gasteiger charge is 2.37. The van der Waals surface area contributed by atoms with Crippen molar-refractivity contribution >= 4 is 11.9 Å². The van der Waals surface area contributed by atoms with Crippen LogP contribution in [0.2, 0.25) is 0 Å². The predicted molar refractivity (Wildman–Crippen MR) is 74.8 cm³/mol. The van der Waals surface area contributed by atoms with Crippen LogP contribution in [-0.4, -0.2) is 35.0 Å². The molecule has 1 fully saturated rings. The second kappa shape index (κ2) is 7.51. The van der Waals surface area contributed by atoms with Crippen molar-refractivity contribution in [1.82, 2.24) is 4.90 Å². The van der Waals surface area contributed by atoms with Crippen molar-refractivity contribution in [3.05, 3.63) is 0 Å². The Kier molecular flexibility index (Phi) is 6.32. The van der Waals surface area contributed by atoms with Crippen molar-refractivity contribution in [3.8, 4) is 0 Å². The Balaban J connectivity index is 2.73. The second-order valence-corrected chi connectivity index (χ2v) is 5.73. The molecule has 1 saturated carbocycles. The zero-order valence-electron chi connectivity index (χ0n) is 12.4. The van der Waals surface area contributed by atoms with Gasteiger partial charge in [-0.25, -0.2) is 0 Å². The van der Waals surface area contributed by atoms with E-state index in [1.54, 1.807) is 0 Å². The van der Waals surface area contributed by atoms with Gasteiger partial charge in [-0.1, -0.05) is 33.1 Å². The number of carbonyl (C=O) groups excluding carboxylic acids is 1. The third-order valence-electron chi connectivity index (χ3n) is 4.32. The van der Waals surface area contributed by atoms with Gasteiger partial charge in [-0.05, 0) is 25.7 Å². The average Bonchev–Trinajstić information content (AvgIpc) is 2.43. The third-order valence-corrected chi connectivity index (χ3v) is 4.32. The summed E-state index contributed by atoms with van der Waals surface area (Å²) in [7, 11) is 0. The first-order chi connectivity index (χ1) is 9.01. The highest BCUT2D eigenvalue weighted by molar-refractivity contribution is 5.85. The van der Waals surface area contributed by atoms with E-state index in [1.165, 1.54) is 0 Å². The van der Waals surface area contributed by atoms with Crippen LogP contribution in [0.25, 0.3) is 0 Å². The smallest absolute Gasteiger partial charge is 0.307 e. The van der Waals surface area contributed by atoms with Crippen molar-refractivity contribution in [2.45, 2.75) is 52.9 Å². The van der Waals surface area contributed by atoms with Crippen LogP contribution in [-0.2, 0) is 9.59 Å². The van der Waals surface area contributed by atoms with E-state index in [4.69, 9.17) is 0 Å². The standard InChI is InChI=1S/C15H27NO3/c1-4-11(3)10-16(5-2)14(17)12-8-6-7-9-13(12)15(18)19/h11-13H,4-10H2,1-3H3,(H,18,19). The lowest BCUT2D eigenvalue weighted by Gasteiger charge is -2.33. The summed E-state index contributed by atoms with van der Waals surface area (Å²) in [6.07, 6.45) is 4.32. The molecule has 0 aromatic heterocycles. The first-order valence-corrected chi connectivity index (χ1v) is 7.52. The topological polar surface area (TPSA) is 57.6 Å². The van der Waals surface area contributed by atoms with Gasteiger partial charge >= 0.3 is 5.97 Å². The molecule has 0 spiro atoms. The summed E-state index contributed by atoms with van der Waals surface area (Å²) in [5.74, 6) is -1.08. The van der Waals surface area contributed by atoms with Crippen molar-refractivity contribution in [1.29, 1.82) is 0 Å². The summed E-state index contributed by atoms with van der Waals surface area (Å²) < 4.78 is 0. The second-order valence-electron chi connectivity index (χ2n) is 5.73. The zero-order valence-corrected chi connectivity index (χ0v) is 12.4. The monoisotopic (exact) mass is 269 g/mol. The number of carboxylic acids is 1. The van der Waals surface area contributed by atoms with Crippen LogP contribution in [0.15, 0.2) is 0 Å². The van der Waals surface area contributed by atoms with Crippen molar-refractivity contribution in [3.63, 3.8) is 0 Å². The molecule has 1 aliphatic carbocycles. The normalized spacial score (nSPS) is 24.8. The minimum atomic E-state index is -0.808. The van der Waals surface area contributed by atoms with Crippen LogP contribution in [0.4, 0.5) is 0 Å². The van der Waals surface area contributed by atoms with Gasteiger partial charge < -0.3 is 10.0 Å². The third kappa shape index (κ3) is 4.22. The van der Waals surface area contributed by atoms with E-state index in [0.29, 0.717) is 18.9 Å². The number of carbonyl (C=O) groups is 2. The van der Waals surface area contributed by atoms with Gasteiger partial charge in [0.15, 0.2) is 0 Å². The maximum absolute atomic E-state index is 12.6. The SMILES string of the molecule is CCC(C)CN(CC)C(=O)C1CCCCC1C(=O)O. The van der Waals surface area contributed by atoms with E-state index in [1.807, 2.05) is 11.8 Å². The molecule has 0 bridgehead atoms. The van der Waals surface area contributed by atoms with Gasteiger partial charge in [0.05, 0.1) is 11.8 Å². The average molecular weight is 269 g/mol. The Labute approximate surface area is 116 Å². The number of nitrogens with zero attached hydrogens (tertiary/aromatic N) is 1. The van der Waals surface area contributed by atoms with Crippen LogP contribution in [0, 0.1) is 17.8 Å². The van der Waals surface area contributed by atoms with E-state index < -0.39 is 11.9 Å². The quantitative estimate of drug-likeness (QED) is 0.806. The van der Waals surface area contributed by atoms with Crippen LogP contribution in [0.3, 0.4) is 0 Å². The van der Waals surface area contributed by atoms with Gasteiger partial charge in [0.1, 0.15) is 0 Å². The summed E-state index contributed by atoms with van der Waals surface area (Å²) in [4.78, 5) is 25.7. The molecule has 0 radical (unpaired) electrons. The Morgan fingerprint density at radius 2 is 1.79 bits per heavy atom. The van der Waals surface area contributed by atoms with Crippen LogP contribution >= 0.6 is 0 Å². The molecule has 4 nitrogen and oxygen atoms in total. The molecule has 3 atom stereocenters.